The van der Waals surface area contributed by atoms with Gasteiger partial charge in [0, 0.05) is 16.7 Å². The van der Waals surface area contributed by atoms with Crippen LogP contribution in [0.4, 0.5) is 5.69 Å². The highest BCUT2D eigenvalue weighted by molar-refractivity contribution is 6.33. The zero-order valence-corrected chi connectivity index (χ0v) is 10.3. The summed E-state index contributed by atoms with van der Waals surface area (Å²) in [4.78, 5) is 25.2. The van der Waals surface area contributed by atoms with Crippen LogP contribution in [0.25, 0.3) is 11.3 Å². The molecule has 0 bridgehead atoms. The van der Waals surface area contributed by atoms with E-state index in [-0.39, 0.29) is 5.69 Å². The third kappa shape index (κ3) is 2.53. The van der Waals surface area contributed by atoms with Crippen molar-refractivity contribution in [2.24, 2.45) is 5.73 Å². The number of carbonyl (C=O) groups is 1. The third-order valence-electron chi connectivity index (χ3n) is 2.45. The number of primary amides is 1. The highest BCUT2D eigenvalue weighted by Crippen LogP contribution is 2.28. The van der Waals surface area contributed by atoms with Crippen molar-refractivity contribution in [3.05, 3.63) is 57.2 Å². The van der Waals surface area contributed by atoms with Gasteiger partial charge >= 0.3 is 5.69 Å². The van der Waals surface area contributed by atoms with E-state index >= 15 is 0 Å². The molecule has 2 rings (SSSR count). The second-order valence-corrected chi connectivity index (χ2v) is 4.07. The SMILES string of the molecule is NC(=O)c1nc(-c2ccccc2Cl)ccc1[N+](=O)[O-]. The quantitative estimate of drug-likeness (QED) is 0.688. The second-order valence-electron chi connectivity index (χ2n) is 3.67. The largest absolute Gasteiger partial charge is 0.364 e. The Bertz CT molecular complexity index is 673. The maximum absolute atomic E-state index is 11.2. The van der Waals surface area contributed by atoms with E-state index in [0.717, 1.165) is 0 Å². The molecule has 0 fully saturated rings. The summed E-state index contributed by atoms with van der Waals surface area (Å²) in [5.41, 5.74) is 5.21. The van der Waals surface area contributed by atoms with E-state index in [0.29, 0.717) is 16.3 Å². The number of nitrogens with two attached hydrogens (primary N) is 1. The molecular weight excluding hydrogens is 270 g/mol. The Morgan fingerprint density at radius 2 is 1.95 bits per heavy atom. The van der Waals surface area contributed by atoms with Gasteiger partial charge in [-0.15, -0.1) is 0 Å². The molecule has 1 aromatic heterocycles. The summed E-state index contributed by atoms with van der Waals surface area (Å²) in [6.45, 7) is 0. The van der Waals surface area contributed by atoms with Crippen molar-refractivity contribution < 1.29 is 9.72 Å². The number of amides is 1. The van der Waals surface area contributed by atoms with Crippen LogP contribution in [0.2, 0.25) is 5.02 Å². The Morgan fingerprint density at radius 3 is 2.53 bits per heavy atom. The molecule has 0 unspecified atom stereocenters. The first kappa shape index (κ1) is 13.0. The summed E-state index contributed by atoms with van der Waals surface area (Å²) in [6.07, 6.45) is 0. The van der Waals surface area contributed by atoms with Crippen molar-refractivity contribution in [3.8, 4) is 11.3 Å². The number of nitrogens with zero attached hydrogens (tertiary/aromatic N) is 2. The van der Waals surface area contributed by atoms with Crippen LogP contribution in [-0.2, 0) is 0 Å². The Labute approximate surface area is 113 Å². The number of nitro groups is 1. The molecule has 96 valence electrons. The number of benzene rings is 1. The van der Waals surface area contributed by atoms with Crippen LogP contribution < -0.4 is 5.73 Å². The van der Waals surface area contributed by atoms with Gasteiger partial charge in [0.05, 0.1) is 10.6 Å². The molecule has 7 heteroatoms. The number of pyridine rings is 1. The first-order valence-corrected chi connectivity index (χ1v) is 5.58. The molecule has 6 nitrogen and oxygen atoms in total. The fourth-order valence-electron chi connectivity index (χ4n) is 1.60. The van der Waals surface area contributed by atoms with Crippen LogP contribution in [0.1, 0.15) is 10.5 Å². The van der Waals surface area contributed by atoms with Crippen molar-refractivity contribution in [1.29, 1.82) is 0 Å². The summed E-state index contributed by atoms with van der Waals surface area (Å²) >= 11 is 6.00. The summed E-state index contributed by atoms with van der Waals surface area (Å²) < 4.78 is 0. The molecule has 0 radical (unpaired) electrons. The molecule has 0 spiro atoms. The van der Waals surface area contributed by atoms with E-state index in [1.54, 1.807) is 24.3 Å². The molecule has 2 N–H and O–H groups in total. The second kappa shape index (κ2) is 5.03. The zero-order valence-electron chi connectivity index (χ0n) is 9.54. The number of rotatable bonds is 3. The van der Waals surface area contributed by atoms with E-state index in [1.165, 1.54) is 12.1 Å². The number of hydrogen-bond donors (Lipinski definition) is 1. The van der Waals surface area contributed by atoms with Gasteiger partial charge in [0.25, 0.3) is 5.91 Å². The molecule has 1 aromatic carbocycles. The monoisotopic (exact) mass is 277 g/mol. The van der Waals surface area contributed by atoms with Crippen LogP contribution in [0, 0.1) is 10.1 Å². The average molecular weight is 278 g/mol. The van der Waals surface area contributed by atoms with Gasteiger partial charge in [-0.05, 0) is 12.1 Å². The van der Waals surface area contributed by atoms with Gasteiger partial charge in [0.2, 0.25) is 5.69 Å². The molecule has 2 aromatic rings. The lowest BCUT2D eigenvalue weighted by molar-refractivity contribution is -0.385. The minimum Gasteiger partial charge on any atom is -0.364 e. The highest BCUT2D eigenvalue weighted by Gasteiger charge is 2.21. The van der Waals surface area contributed by atoms with Crippen LogP contribution in [0.15, 0.2) is 36.4 Å². The van der Waals surface area contributed by atoms with Crippen LogP contribution in [0.3, 0.4) is 0 Å². The number of carbonyl (C=O) groups excluding carboxylic acids is 1. The predicted octanol–water partition coefficient (Wildman–Crippen LogP) is 2.41. The Balaban J connectivity index is 2.62. The summed E-state index contributed by atoms with van der Waals surface area (Å²) in [5, 5.41) is 11.2. The van der Waals surface area contributed by atoms with Crippen molar-refractivity contribution in [2.45, 2.75) is 0 Å². The van der Waals surface area contributed by atoms with Gasteiger partial charge in [-0.2, -0.15) is 0 Å². The van der Waals surface area contributed by atoms with Crippen molar-refractivity contribution >= 4 is 23.2 Å². The van der Waals surface area contributed by atoms with Crippen molar-refractivity contribution in [3.63, 3.8) is 0 Å². The van der Waals surface area contributed by atoms with E-state index in [1.807, 2.05) is 0 Å². The summed E-state index contributed by atoms with van der Waals surface area (Å²) in [5.74, 6) is -0.958. The fourth-order valence-corrected chi connectivity index (χ4v) is 1.83. The minimum atomic E-state index is -0.958. The first-order valence-electron chi connectivity index (χ1n) is 5.21. The number of halogens is 1. The van der Waals surface area contributed by atoms with Crippen LogP contribution >= 0.6 is 11.6 Å². The molecule has 0 atom stereocenters. The molecule has 0 aliphatic rings. The maximum Gasteiger partial charge on any atom is 0.300 e. The van der Waals surface area contributed by atoms with Crippen molar-refractivity contribution in [2.75, 3.05) is 0 Å². The number of aromatic nitrogens is 1. The molecule has 1 amide bonds. The first-order chi connectivity index (χ1) is 9.00. The van der Waals surface area contributed by atoms with Gasteiger partial charge in [-0.3, -0.25) is 14.9 Å². The normalized spacial score (nSPS) is 10.2. The lowest BCUT2D eigenvalue weighted by Crippen LogP contribution is -2.15. The van der Waals surface area contributed by atoms with Gasteiger partial charge in [0.15, 0.2) is 0 Å². The highest BCUT2D eigenvalue weighted by atomic mass is 35.5. The van der Waals surface area contributed by atoms with E-state index in [4.69, 9.17) is 17.3 Å². The molecule has 1 heterocycles. The van der Waals surface area contributed by atoms with Gasteiger partial charge in [0.1, 0.15) is 0 Å². The Morgan fingerprint density at radius 1 is 1.26 bits per heavy atom. The van der Waals surface area contributed by atoms with E-state index < -0.39 is 16.5 Å². The third-order valence-corrected chi connectivity index (χ3v) is 2.78. The molecule has 0 aliphatic carbocycles. The lowest BCUT2D eigenvalue weighted by Gasteiger charge is -2.05. The fraction of sp³-hybridized carbons (Fsp3) is 0. The topological polar surface area (TPSA) is 99.1 Å². The molecule has 0 saturated heterocycles. The van der Waals surface area contributed by atoms with Crippen LogP contribution in [0.5, 0.6) is 0 Å². The number of hydrogen-bond acceptors (Lipinski definition) is 4. The summed E-state index contributed by atoms with van der Waals surface area (Å²) in [6, 6.07) is 9.45. The molecule has 19 heavy (non-hydrogen) atoms. The maximum atomic E-state index is 11.2. The minimum absolute atomic E-state index is 0.352. The summed E-state index contributed by atoms with van der Waals surface area (Å²) in [7, 11) is 0. The van der Waals surface area contributed by atoms with Crippen molar-refractivity contribution in [1.82, 2.24) is 4.98 Å². The predicted molar refractivity (Wildman–Crippen MR) is 69.9 cm³/mol. The van der Waals surface area contributed by atoms with Crippen LogP contribution in [-0.4, -0.2) is 15.8 Å². The van der Waals surface area contributed by atoms with E-state index in [2.05, 4.69) is 4.98 Å². The molecule has 0 aliphatic heterocycles. The standard InChI is InChI=1S/C12H8ClN3O3/c13-8-4-2-1-3-7(8)9-5-6-10(16(18)19)11(15-9)12(14)17/h1-6H,(H2,14,17). The Hall–Kier alpha value is -2.47. The van der Waals surface area contributed by atoms with Gasteiger partial charge in [-0.1, -0.05) is 29.8 Å². The molecular formula is C12H8ClN3O3. The lowest BCUT2D eigenvalue weighted by atomic mass is 10.1. The van der Waals surface area contributed by atoms with Gasteiger partial charge in [-0.25, -0.2) is 4.98 Å². The van der Waals surface area contributed by atoms with Gasteiger partial charge < -0.3 is 5.73 Å². The zero-order chi connectivity index (χ0) is 14.0. The molecule has 0 saturated carbocycles. The average Bonchev–Trinajstić information content (AvgIpc) is 2.38. The Kier molecular flexibility index (Phi) is 3.43. The van der Waals surface area contributed by atoms with E-state index in [9.17, 15) is 14.9 Å². The smallest absolute Gasteiger partial charge is 0.300 e.